The second kappa shape index (κ2) is 4.70. The Bertz CT molecular complexity index is 529. The average molecular weight is 227 g/mol. The predicted molar refractivity (Wildman–Crippen MR) is 64.4 cm³/mol. The van der Waals surface area contributed by atoms with Crippen molar-refractivity contribution in [2.45, 2.75) is 0 Å². The van der Waals surface area contributed by atoms with E-state index in [1.165, 1.54) is 6.07 Å². The van der Waals surface area contributed by atoms with E-state index in [-0.39, 0.29) is 5.56 Å². The van der Waals surface area contributed by atoms with Crippen molar-refractivity contribution in [1.82, 2.24) is 0 Å². The topological polar surface area (TPSA) is 46.5 Å². The SMILES string of the molecule is [CH2]c1ccc(Oc2ccccc2C(=O)O)cc1. The molecule has 2 rings (SSSR count). The number of hydrogen-bond donors (Lipinski definition) is 1. The first kappa shape index (κ1) is 11.2. The summed E-state index contributed by atoms with van der Waals surface area (Å²) in [7, 11) is 0. The Morgan fingerprint density at radius 3 is 2.35 bits per heavy atom. The number of carbonyl (C=O) groups is 1. The van der Waals surface area contributed by atoms with E-state index in [4.69, 9.17) is 9.84 Å². The first-order chi connectivity index (χ1) is 8.16. The molecule has 0 heterocycles. The zero-order chi connectivity index (χ0) is 12.3. The molecule has 0 aliphatic rings. The van der Waals surface area contributed by atoms with Crippen molar-refractivity contribution in [3.63, 3.8) is 0 Å². The van der Waals surface area contributed by atoms with Gasteiger partial charge in [0.15, 0.2) is 0 Å². The molecular formula is C14H11O3. The van der Waals surface area contributed by atoms with Crippen LogP contribution in [0.1, 0.15) is 15.9 Å². The number of para-hydroxylation sites is 1. The van der Waals surface area contributed by atoms with Crippen LogP contribution in [-0.2, 0) is 0 Å². The van der Waals surface area contributed by atoms with Crippen molar-refractivity contribution < 1.29 is 14.6 Å². The van der Waals surface area contributed by atoms with Gasteiger partial charge < -0.3 is 9.84 Å². The van der Waals surface area contributed by atoms with E-state index in [1.807, 2.05) is 0 Å². The molecule has 0 aliphatic carbocycles. The Labute approximate surface area is 99.3 Å². The minimum Gasteiger partial charge on any atom is -0.478 e. The summed E-state index contributed by atoms with van der Waals surface area (Å²) in [4.78, 5) is 11.0. The van der Waals surface area contributed by atoms with Crippen molar-refractivity contribution in [3.05, 3.63) is 66.6 Å². The first-order valence-corrected chi connectivity index (χ1v) is 5.09. The molecule has 3 heteroatoms. The molecule has 0 fully saturated rings. The number of aromatic carboxylic acids is 1. The highest BCUT2D eigenvalue weighted by molar-refractivity contribution is 5.90. The number of carboxylic acids is 1. The lowest BCUT2D eigenvalue weighted by atomic mass is 10.2. The van der Waals surface area contributed by atoms with Crippen LogP contribution in [0.25, 0.3) is 0 Å². The Kier molecular flexibility index (Phi) is 3.10. The zero-order valence-electron chi connectivity index (χ0n) is 9.09. The Morgan fingerprint density at radius 2 is 1.71 bits per heavy atom. The van der Waals surface area contributed by atoms with E-state index in [0.29, 0.717) is 11.5 Å². The number of ether oxygens (including phenoxy) is 1. The molecule has 0 saturated carbocycles. The van der Waals surface area contributed by atoms with Gasteiger partial charge in [-0.05, 0) is 36.8 Å². The molecule has 3 nitrogen and oxygen atoms in total. The maximum absolute atomic E-state index is 11.0. The molecule has 0 spiro atoms. The van der Waals surface area contributed by atoms with Crippen LogP contribution in [0, 0.1) is 6.92 Å². The summed E-state index contributed by atoms with van der Waals surface area (Å²) in [5, 5.41) is 9.00. The highest BCUT2D eigenvalue weighted by Crippen LogP contribution is 2.25. The van der Waals surface area contributed by atoms with Crippen molar-refractivity contribution in [3.8, 4) is 11.5 Å². The van der Waals surface area contributed by atoms with Gasteiger partial charge in [0.25, 0.3) is 0 Å². The molecular weight excluding hydrogens is 216 g/mol. The highest BCUT2D eigenvalue weighted by Gasteiger charge is 2.10. The van der Waals surface area contributed by atoms with Crippen LogP contribution < -0.4 is 4.74 Å². The highest BCUT2D eigenvalue weighted by atomic mass is 16.5. The fourth-order valence-electron chi connectivity index (χ4n) is 1.42. The van der Waals surface area contributed by atoms with Crippen molar-refractivity contribution in [1.29, 1.82) is 0 Å². The third-order valence-corrected chi connectivity index (χ3v) is 2.27. The van der Waals surface area contributed by atoms with Gasteiger partial charge in [0.2, 0.25) is 0 Å². The zero-order valence-corrected chi connectivity index (χ0v) is 9.09. The molecule has 17 heavy (non-hydrogen) atoms. The molecule has 1 radical (unpaired) electrons. The third-order valence-electron chi connectivity index (χ3n) is 2.27. The lowest BCUT2D eigenvalue weighted by molar-refractivity contribution is 0.0694. The summed E-state index contributed by atoms with van der Waals surface area (Å²) in [6.07, 6.45) is 0. The van der Waals surface area contributed by atoms with Crippen LogP contribution in [0.2, 0.25) is 0 Å². The van der Waals surface area contributed by atoms with Gasteiger partial charge in [0.1, 0.15) is 17.1 Å². The van der Waals surface area contributed by atoms with Gasteiger partial charge >= 0.3 is 5.97 Å². The summed E-state index contributed by atoms with van der Waals surface area (Å²) in [5.41, 5.74) is 1.02. The second-order valence-electron chi connectivity index (χ2n) is 3.55. The van der Waals surface area contributed by atoms with Crippen LogP contribution in [0.3, 0.4) is 0 Å². The van der Waals surface area contributed by atoms with E-state index in [0.717, 1.165) is 5.56 Å². The van der Waals surface area contributed by atoms with Gasteiger partial charge in [-0.3, -0.25) is 0 Å². The van der Waals surface area contributed by atoms with Gasteiger partial charge in [-0.2, -0.15) is 0 Å². The molecule has 0 amide bonds. The Balaban J connectivity index is 2.30. The second-order valence-corrected chi connectivity index (χ2v) is 3.55. The van der Waals surface area contributed by atoms with Gasteiger partial charge in [0, 0.05) is 0 Å². The maximum Gasteiger partial charge on any atom is 0.339 e. The average Bonchev–Trinajstić information content (AvgIpc) is 2.32. The van der Waals surface area contributed by atoms with Gasteiger partial charge in [-0.1, -0.05) is 24.3 Å². The van der Waals surface area contributed by atoms with Crippen LogP contribution in [0.4, 0.5) is 0 Å². The van der Waals surface area contributed by atoms with Gasteiger partial charge in [0.05, 0.1) is 0 Å². The number of rotatable bonds is 3. The lowest BCUT2D eigenvalue weighted by Gasteiger charge is -2.08. The minimum absolute atomic E-state index is 0.145. The molecule has 0 bridgehead atoms. The number of benzene rings is 2. The molecule has 2 aromatic carbocycles. The van der Waals surface area contributed by atoms with Crippen LogP contribution in [-0.4, -0.2) is 11.1 Å². The molecule has 2 aromatic rings. The fraction of sp³-hybridized carbons (Fsp3) is 0. The van der Waals surface area contributed by atoms with Gasteiger partial charge in [-0.25, -0.2) is 4.79 Å². The van der Waals surface area contributed by atoms with Crippen molar-refractivity contribution >= 4 is 5.97 Å². The summed E-state index contributed by atoms with van der Waals surface area (Å²) in [6, 6.07) is 13.6. The van der Waals surface area contributed by atoms with E-state index < -0.39 is 5.97 Å². The standard InChI is InChI=1S/C14H11O3/c1-10-6-8-11(9-7-10)17-13-5-3-2-4-12(13)14(15)16/h2-9H,1H2,(H,15,16). The van der Waals surface area contributed by atoms with Crippen LogP contribution in [0.5, 0.6) is 11.5 Å². The van der Waals surface area contributed by atoms with E-state index >= 15 is 0 Å². The third kappa shape index (κ3) is 2.64. The largest absolute Gasteiger partial charge is 0.478 e. The monoisotopic (exact) mass is 227 g/mol. The molecule has 0 aliphatic heterocycles. The lowest BCUT2D eigenvalue weighted by Crippen LogP contribution is -1.99. The van der Waals surface area contributed by atoms with E-state index in [2.05, 4.69) is 6.92 Å². The van der Waals surface area contributed by atoms with Crippen LogP contribution in [0.15, 0.2) is 48.5 Å². The summed E-state index contributed by atoms with van der Waals surface area (Å²) in [6.45, 7) is 3.76. The Morgan fingerprint density at radius 1 is 1.06 bits per heavy atom. The van der Waals surface area contributed by atoms with Crippen molar-refractivity contribution in [2.24, 2.45) is 0 Å². The van der Waals surface area contributed by atoms with Crippen LogP contribution >= 0.6 is 0 Å². The smallest absolute Gasteiger partial charge is 0.339 e. The quantitative estimate of drug-likeness (QED) is 0.874. The Hall–Kier alpha value is -2.29. The maximum atomic E-state index is 11.0. The minimum atomic E-state index is -1.01. The molecule has 0 atom stereocenters. The predicted octanol–water partition coefficient (Wildman–Crippen LogP) is 3.36. The number of carboxylic acid groups (broad SMARTS) is 1. The summed E-state index contributed by atoms with van der Waals surface area (Å²) < 4.78 is 5.52. The fourth-order valence-corrected chi connectivity index (χ4v) is 1.42. The number of hydrogen-bond acceptors (Lipinski definition) is 2. The summed E-state index contributed by atoms with van der Waals surface area (Å²) >= 11 is 0. The normalized spacial score (nSPS) is 9.94. The van der Waals surface area contributed by atoms with E-state index in [1.54, 1.807) is 42.5 Å². The molecule has 1 N–H and O–H groups in total. The molecule has 0 unspecified atom stereocenters. The van der Waals surface area contributed by atoms with Crippen molar-refractivity contribution in [2.75, 3.05) is 0 Å². The molecule has 0 saturated heterocycles. The summed E-state index contributed by atoms with van der Waals surface area (Å²) in [5.74, 6) is -0.0858. The van der Waals surface area contributed by atoms with E-state index in [9.17, 15) is 4.79 Å². The molecule has 85 valence electrons. The first-order valence-electron chi connectivity index (χ1n) is 5.09. The molecule has 0 aromatic heterocycles. The van der Waals surface area contributed by atoms with Gasteiger partial charge in [-0.15, -0.1) is 0 Å².